The van der Waals surface area contributed by atoms with Crippen LogP contribution in [0.5, 0.6) is 11.5 Å². The third-order valence-corrected chi connectivity index (χ3v) is 4.83. The molecule has 0 spiro atoms. The van der Waals surface area contributed by atoms with Gasteiger partial charge in [0.25, 0.3) is 0 Å². The number of benzene rings is 1. The van der Waals surface area contributed by atoms with Gasteiger partial charge in [-0.05, 0) is 48.3 Å². The van der Waals surface area contributed by atoms with Gasteiger partial charge in [0.15, 0.2) is 11.5 Å². The Morgan fingerprint density at radius 1 is 0.838 bits per heavy atom. The molecule has 0 bridgehead atoms. The van der Waals surface area contributed by atoms with E-state index in [9.17, 15) is 19.2 Å². The van der Waals surface area contributed by atoms with Crippen molar-refractivity contribution in [2.75, 3.05) is 6.61 Å². The minimum Gasteiger partial charge on any atom is -0.461 e. The van der Waals surface area contributed by atoms with Crippen molar-refractivity contribution in [1.82, 2.24) is 0 Å². The molecule has 2 N–H and O–H groups in total. The van der Waals surface area contributed by atoms with Crippen LogP contribution in [0.3, 0.4) is 0 Å². The Labute approximate surface area is 220 Å². The number of ether oxygens (including phenoxy) is 4. The van der Waals surface area contributed by atoms with E-state index in [0.717, 1.165) is 0 Å². The molecule has 37 heavy (non-hydrogen) atoms. The molecule has 0 amide bonds. The SMILES string of the molecule is CC(C)CC(=O)Oc1ccc(C[C@H](N)C(=O)OC[C@H](C)OC(=O)CC(C)(C)C)cc1OC(=O)CC(C)C. The summed E-state index contributed by atoms with van der Waals surface area (Å²) >= 11 is 0. The summed E-state index contributed by atoms with van der Waals surface area (Å²) in [5.41, 5.74) is 6.42. The molecule has 0 saturated carbocycles. The van der Waals surface area contributed by atoms with Crippen LogP contribution in [0.15, 0.2) is 18.2 Å². The smallest absolute Gasteiger partial charge is 0.323 e. The van der Waals surface area contributed by atoms with Crippen molar-refractivity contribution >= 4 is 23.9 Å². The zero-order chi connectivity index (χ0) is 28.3. The van der Waals surface area contributed by atoms with Gasteiger partial charge in [0.1, 0.15) is 18.8 Å². The topological polar surface area (TPSA) is 131 Å². The van der Waals surface area contributed by atoms with Crippen molar-refractivity contribution in [2.45, 2.75) is 93.2 Å². The van der Waals surface area contributed by atoms with Crippen molar-refractivity contribution in [3.63, 3.8) is 0 Å². The van der Waals surface area contributed by atoms with Crippen LogP contribution in [0.1, 0.15) is 80.2 Å². The second kappa shape index (κ2) is 14.7. The van der Waals surface area contributed by atoms with Gasteiger partial charge < -0.3 is 24.7 Å². The molecule has 0 fully saturated rings. The Hall–Kier alpha value is -2.94. The summed E-state index contributed by atoms with van der Waals surface area (Å²) in [6.45, 7) is 14.9. The van der Waals surface area contributed by atoms with Gasteiger partial charge in [0, 0.05) is 12.8 Å². The molecule has 0 aliphatic rings. The first kappa shape index (κ1) is 32.1. The van der Waals surface area contributed by atoms with E-state index in [4.69, 9.17) is 24.7 Å². The predicted molar refractivity (Wildman–Crippen MR) is 139 cm³/mol. The summed E-state index contributed by atoms with van der Waals surface area (Å²) in [5.74, 6) is -1.55. The highest BCUT2D eigenvalue weighted by Crippen LogP contribution is 2.30. The molecule has 9 heteroatoms. The monoisotopic (exact) mass is 521 g/mol. The number of nitrogens with two attached hydrogens (primary N) is 1. The van der Waals surface area contributed by atoms with E-state index in [-0.39, 0.29) is 67.0 Å². The molecular weight excluding hydrogens is 478 g/mol. The molecule has 0 radical (unpaired) electrons. The molecule has 208 valence electrons. The van der Waals surface area contributed by atoms with E-state index in [1.54, 1.807) is 13.0 Å². The maximum Gasteiger partial charge on any atom is 0.323 e. The van der Waals surface area contributed by atoms with Crippen molar-refractivity contribution < 1.29 is 38.1 Å². The molecule has 0 saturated heterocycles. The van der Waals surface area contributed by atoms with Gasteiger partial charge in [-0.25, -0.2) is 0 Å². The van der Waals surface area contributed by atoms with Crippen molar-refractivity contribution in [3.05, 3.63) is 23.8 Å². The Balaban J connectivity index is 2.83. The van der Waals surface area contributed by atoms with Crippen LogP contribution < -0.4 is 15.2 Å². The van der Waals surface area contributed by atoms with Gasteiger partial charge in [-0.2, -0.15) is 0 Å². The Morgan fingerprint density at radius 2 is 1.38 bits per heavy atom. The molecule has 0 aliphatic carbocycles. The number of rotatable bonds is 13. The van der Waals surface area contributed by atoms with Crippen LogP contribution in [-0.2, 0) is 35.1 Å². The van der Waals surface area contributed by atoms with Crippen molar-refractivity contribution in [2.24, 2.45) is 23.0 Å². The first-order valence-corrected chi connectivity index (χ1v) is 12.7. The van der Waals surface area contributed by atoms with E-state index < -0.39 is 30.1 Å². The fourth-order valence-electron chi connectivity index (χ4n) is 3.22. The van der Waals surface area contributed by atoms with Gasteiger partial charge in [0.2, 0.25) is 0 Å². The Morgan fingerprint density at radius 3 is 1.89 bits per heavy atom. The lowest BCUT2D eigenvalue weighted by molar-refractivity contribution is -0.160. The minimum atomic E-state index is -1.01. The van der Waals surface area contributed by atoms with Gasteiger partial charge in [-0.3, -0.25) is 19.2 Å². The van der Waals surface area contributed by atoms with Crippen LogP contribution in [0.2, 0.25) is 0 Å². The molecule has 1 rings (SSSR count). The van der Waals surface area contributed by atoms with Gasteiger partial charge in [-0.15, -0.1) is 0 Å². The summed E-state index contributed by atoms with van der Waals surface area (Å²) < 4.78 is 21.4. The molecule has 0 aliphatic heterocycles. The van der Waals surface area contributed by atoms with E-state index in [0.29, 0.717) is 5.56 Å². The van der Waals surface area contributed by atoms with Crippen molar-refractivity contribution in [1.29, 1.82) is 0 Å². The average Bonchev–Trinajstić information content (AvgIpc) is 2.71. The molecule has 0 unspecified atom stereocenters. The highest BCUT2D eigenvalue weighted by molar-refractivity contribution is 5.77. The number of hydrogen-bond donors (Lipinski definition) is 1. The van der Waals surface area contributed by atoms with Crippen LogP contribution in [0, 0.1) is 17.3 Å². The number of hydrogen-bond acceptors (Lipinski definition) is 9. The molecular formula is C28H43NO8. The molecule has 1 aromatic rings. The summed E-state index contributed by atoms with van der Waals surface area (Å²) in [7, 11) is 0. The normalized spacial score (nSPS) is 13.2. The predicted octanol–water partition coefficient (Wildman–Crippen LogP) is 4.37. The summed E-state index contributed by atoms with van der Waals surface area (Å²) in [5, 5.41) is 0. The van der Waals surface area contributed by atoms with Crippen LogP contribution in [0.25, 0.3) is 0 Å². The van der Waals surface area contributed by atoms with Crippen LogP contribution >= 0.6 is 0 Å². The quantitative estimate of drug-likeness (QED) is 0.297. The molecule has 0 heterocycles. The second-order valence-electron chi connectivity index (χ2n) is 11.4. The highest BCUT2D eigenvalue weighted by atomic mass is 16.6. The maximum atomic E-state index is 12.4. The third kappa shape index (κ3) is 13.8. The molecule has 1 aromatic carbocycles. The largest absolute Gasteiger partial charge is 0.461 e. The van der Waals surface area contributed by atoms with Gasteiger partial charge >= 0.3 is 23.9 Å². The van der Waals surface area contributed by atoms with E-state index in [1.165, 1.54) is 12.1 Å². The number of carbonyl (C=O) groups is 4. The highest BCUT2D eigenvalue weighted by Gasteiger charge is 2.22. The fourth-order valence-corrected chi connectivity index (χ4v) is 3.22. The lowest BCUT2D eigenvalue weighted by Crippen LogP contribution is -2.36. The summed E-state index contributed by atoms with van der Waals surface area (Å²) in [6.07, 6.45) is 0.122. The van der Waals surface area contributed by atoms with Crippen LogP contribution in [-0.4, -0.2) is 42.6 Å². The minimum absolute atomic E-state index is 0.0835. The third-order valence-electron chi connectivity index (χ3n) is 4.83. The van der Waals surface area contributed by atoms with E-state index in [1.807, 2.05) is 48.5 Å². The number of carbonyl (C=O) groups excluding carboxylic acids is 4. The first-order valence-electron chi connectivity index (χ1n) is 12.7. The van der Waals surface area contributed by atoms with E-state index in [2.05, 4.69) is 0 Å². The van der Waals surface area contributed by atoms with Crippen molar-refractivity contribution in [3.8, 4) is 11.5 Å². The van der Waals surface area contributed by atoms with Gasteiger partial charge in [0.05, 0.1) is 6.42 Å². The molecule has 9 nitrogen and oxygen atoms in total. The molecule has 2 atom stereocenters. The van der Waals surface area contributed by atoms with Gasteiger partial charge in [-0.1, -0.05) is 54.5 Å². The second-order valence-corrected chi connectivity index (χ2v) is 11.4. The lowest BCUT2D eigenvalue weighted by atomic mass is 9.92. The van der Waals surface area contributed by atoms with E-state index >= 15 is 0 Å². The number of esters is 4. The van der Waals surface area contributed by atoms with Crippen LogP contribution in [0.4, 0.5) is 0 Å². The maximum absolute atomic E-state index is 12.4. The Bertz CT molecular complexity index is 933. The summed E-state index contributed by atoms with van der Waals surface area (Å²) in [6, 6.07) is 3.67. The molecule has 0 aromatic heterocycles. The standard InChI is InChI=1S/C28H43NO8/c1-17(2)11-24(30)36-22-10-9-20(14-23(22)37-25(31)12-18(3)4)13-21(29)27(33)34-16-19(5)35-26(32)15-28(6,7)8/h9-10,14,17-19,21H,11-13,15-16,29H2,1-8H3/t19-,21-/m0/s1. The average molecular weight is 522 g/mol. The fraction of sp³-hybridized carbons (Fsp3) is 0.643. The lowest BCUT2D eigenvalue weighted by Gasteiger charge is -2.20. The zero-order valence-electron chi connectivity index (χ0n) is 23.4. The first-order chi connectivity index (χ1) is 17.1. The zero-order valence-corrected chi connectivity index (χ0v) is 23.4. The Kier molecular flexibility index (Phi) is 12.8. The summed E-state index contributed by atoms with van der Waals surface area (Å²) in [4.78, 5) is 48.8.